The lowest BCUT2D eigenvalue weighted by Gasteiger charge is -2.20. The van der Waals surface area contributed by atoms with Gasteiger partial charge >= 0.3 is 0 Å². The summed E-state index contributed by atoms with van der Waals surface area (Å²) in [5.41, 5.74) is 0.869. The standard InChI is InChI=1S/C10H22N2O2S/c1-5-12(9-10(2)3)15(13,14)8-6-7-11-4/h11H,2,5-9H2,1,3-4H3. The Morgan fingerprint density at radius 3 is 2.47 bits per heavy atom. The molecule has 0 spiro atoms. The lowest BCUT2D eigenvalue weighted by atomic mass is 10.3. The van der Waals surface area contributed by atoms with Gasteiger partial charge in [-0.25, -0.2) is 8.42 Å². The highest BCUT2D eigenvalue weighted by Gasteiger charge is 2.19. The van der Waals surface area contributed by atoms with Gasteiger partial charge in [-0.15, -0.1) is 0 Å². The molecule has 0 aromatic carbocycles. The van der Waals surface area contributed by atoms with Gasteiger partial charge in [-0.2, -0.15) is 4.31 Å². The van der Waals surface area contributed by atoms with Crippen molar-refractivity contribution < 1.29 is 8.42 Å². The molecule has 0 aliphatic heterocycles. The van der Waals surface area contributed by atoms with Gasteiger partial charge in [-0.1, -0.05) is 19.1 Å². The second-order valence-corrected chi connectivity index (χ2v) is 5.74. The molecule has 0 aliphatic carbocycles. The molecule has 0 fully saturated rings. The van der Waals surface area contributed by atoms with Gasteiger partial charge in [0.15, 0.2) is 0 Å². The van der Waals surface area contributed by atoms with Crippen molar-refractivity contribution in [1.29, 1.82) is 0 Å². The molecule has 0 atom stereocenters. The van der Waals surface area contributed by atoms with Crippen LogP contribution in [0.2, 0.25) is 0 Å². The van der Waals surface area contributed by atoms with Gasteiger partial charge in [0.2, 0.25) is 10.0 Å². The monoisotopic (exact) mass is 234 g/mol. The van der Waals surface area contributed by atoms with Crippen LogP contribution in [0, 0.1) is 0 Å². The Morgan fingerprint density at radius 2 is 2.07 bits per heavy atom. The summed E-state index contributed by atoms with van der Waals surface area (Å²) in [5, 5.41) is 2.94. The molecule has 0 aromatic heterocycles. The highest BCUT2D eigenvalue weighted by Crippen LogP contribution is 2.05. The second-order valence-electron chi connectivity index (χ2n) is 3.66. The third-order valence-corrected chi connectivity index (χ3v) is 4.00. The maximum Gasteiger partial charge on any atom is 0.214 e. The smallest absolute Gasteiger partial charge is 0.214 e. The molecule has 0 saturated heterocycles. The number of sulfonamides is 1. The molecule has 0 saturated carbocycles. The highest BCUT2D eigenvalue weighted by molar-refractivity contribution is 7.89. The minimum absolute atomic E-state index is 0.203. The predicted molar refractivity (Wildman–Crippen MR) is 64.4 cm³/mol. The topological polar surface area (TPSA) is 49.4 Å². The van der Waals surface area contributed by atoms with Crippen LogP contribution in [0.4, 0.5) is 0 Å². The number of likely N-dealkylation sites (N-methyl/N-ethyl adjacent to an activating group) is 1. The summed E-state index contributed by atoms with van der Waals surface area (Å²) >= 11 is 0. The molecule has 5 heteroatoms. The zero-order chi connectivity index (χ0) is 11.9. The zero-order valence-electron chi connectivity index (χ0n) is 9.91. The van der Waals surface area contributed by atoms with Gasteiger partial charge in [-0.05, 0) is 26.9 Å². The Balaban J connectivity index is 4.32. The lowest BCUT2D eigenvalue weighted by molar-refractivity contribution is 0.451. The van der Waals surface area contributed by atoms with E-state index in [9.17, 15) is 8.42 Å². The van der Waals surface area contributed by atoms with Crippen molar-refractivity contribution in [2.75, 3.05) is 32.4 Å². The van der Waals surface area contributed by atoms with E-state index in [1.807, 2.05) is 20.9 Å². The molecule has 90 valence electrons. The normalized spacial score (nSPS) is 12.0. The van der Waals surface area contributed by atoms with E-state index in [0.29, 0.717) is 19.5 Å². The van der Waals surface area contributed by atoms with Gasteiger partial charge in [0.05, 0.1) is 5.75 Å². The number of nitrogens with one attached hydrogen (secondary N) is 1. The Labute approximate surface area is 93.4 Å². The average Bonchev–Trinajstić information content (AvgIpc) is 2.14. The minimum atomic E-state index is -3.11. The lowest BCUT2D eigenvalue weighted by Crippen LogP contribution is -2.34. The molecule has 15 heavy (non-hydrogen) atoms. The zero-order valence-corrected chi connectivity index (χ0v) is 10.7. The van der Waals surface area contributed by atoms with E-state index in [1.54, 1.807) is 0 Å². The quantitative estimate of drug-likeness (QED) is 0.500. The molecule has 0 radical (unpaired) electrons. The van der Waals surface area contributed by atoms with Gasteiger partial charge < -0.3 is 5.32 Å². The van der Waals surface area contributed by atoms with Crippen LogP contribution in [0.5, 0.6) is 0 Å². The van der Waals surface area contributed by atoms with E-state index in [-0.39, 0.29) is 5.75 Å². The Kier molecular flexibility index (Phi) is 6.80. The number of hydrogen-bond acceptors (Lipinski definition) is 3. The van der Waals surface area contributed by atoms with Crippen LogP contribution in [0.15, 0.2) is 12.2 Å². The molecule has 4 nitrogen and oxygen atoms in total. The molecule has 0 heterocycles. The first-order chi connectivity index (χ1) is 6.94. The van der Waals surface area contributed by atoms with Crippen molar-refractivity contribution in [3.05, 3.63) is 12.2 Å². The molecule has 0 aliphatic rings. The number of hydrogen-bond donors (Lipinski definition) is 1. The van der Waals surface area contributed by atoms with E-state index < -0.39 is 10.0 Å². The first-order valence-corrected chi connectivity index (χ1v) is 6.81. The summed E-state index contributed by atoms with van der Waals surface area (Å²) in [6.07, 6.45) is 0.644. The molecule has 1 N–H and O–H groups in total. The van der Waals surface area contributed by atoms with Crippen molar-refractivity contribution >= 4 is 10.0 Å². The summed E-state index contributed by atoms with van der Waals surface area (Å²) in [6.45, 7) is 9.08. The Hall–Kier alpha value is -0.390. The average molecular weight is 234 g/mol. The summed E-state index contributed by atoms with van der Waals surface area (Å²) in [5.74, 6) is 0.203. The summed E-state index contributed by atoms with van der Waals surface area (Å²) < 4.78 is 25.1. The van der Waals surface area contributed by atoms with Crippen LogP contribution in [-0.2, 0) is 10.0 Å². The number of nitrogens with zero attached hydrogens (tertiary/aromatic N) is 1. The fraction of sp³-hybridized carbons (Fsp3) is 0.800. The fourth-order valence-corrected chi connectivity index (χ4v) is 2.85. The van der Waals surface area contributed by atoms with Crippen molar-refractivity contribution in [3.8, 4) is 0 Å². The third-order valence-electron chi connectivity index (χ3n) is 2.02. The van der Waals surface area contributed by atoms with Crippen LogP contribution in [0.3, 0.4) is 0 Å². The van der Waals surface area contributed by atoms with Gasteiger partial charge in [-0.3, -0.25) is 0 Å². The van der Waals surface area contributed by atoms with Crippen LogP contribution < -0.4 is 5.32 Å². The second kappa shape index (κ2) is 6.98. The number of rotatable bonds is 8. The van der Waals surface area contributed by atoms with Crippen LogP contribution in [-0.4, -0.2) is 45.2 Å². The van der Waals surface area contributed by atoms with Gasteiger partial charge in [0.1, 0.15) is 0 Å². The molecule has 0 rings (SSSR count). The van der Waals surface area contributed by atoms with Crippen molar-refractivity contribution in [1.82, 2.24) is 9.62 Å². The summed E-state index contributed by atoms with van der Waals surface area (Å²) in [4.78, 5) is 0. The Bertz CT molecular complexity index is 286. The van der Waals surface area contributed by atoms with E-state index in [4.69, 9.17) is 0 Å². The van der Waals surface area contributed by atoms with Crippen LogP contribution in [0.1, 0.15) is 20.3 Å². The molecule has 0 aromatic rings. The van der Waals surface area contributed by atoms with Crippen molar-refractivity contribution in [2.24, 2.45) is 0 Å². The highest BCUT2D eigenvalue weighted by atomic mass is 32.2. The first-order valence-electron chi connectivity index (χ1n) is 5.20. The van der Waals surface area contributed by atoms with E-state index in [2.05, 4.69) is 11.9 Å². The predicted octanol–water partition coefficient (Wildman–Crippen LogP) is 0.824. The van der Waals surface area contributed by atoms with Crippen LogP contribution in [0.25, 0.3) is 0 Å². The largest absolute Gasteiger partial charge is 0.320 e. The fourth-order valence-electron chi connectivity index (χ4n) is 1.27. The maximum atomic E-state index is 11.8. The maximum absolute atomic E-state index is 11.8. The van der Waals surface area contributed by atoms with E-state index in [1.165, 1.54) is 4.31 Å². The van der Waals surface area contributed by atoms with Gasteiger partial charge in [0.25, 0.3) is 0 Å². The van der Waals surface area contributed by atoms with E-state index in [0.717, 1.165) is 12.1 Å². The van der Waals surface area contributed by atoms with Gasteiger partial charge in [0, 0.05) is 13.1 Å². The minimum Gasteiger partial charge on any atom is -0.320 e. The molecule has 0 amide bonds. The molecule has 0 unspecified atom stereocenters. The Morgan fingerprint density at radius 1 is 1.47 bits per heavy atom. The molecular formula is C10H22N2O2S. The summed E-state index contributed by atoms with van der Waals surface area (Å²) in [6, 6.07) is 0. The first kappa shape index (κ1) is 14.6. The van der Waals surface area contributed by atoms with Crippen molar-refractivity contribution in [2.45, 2.75) is 20.3 Å². The van der Waals surface area contributed by atoms with E-state index >= 15 is 0 Å². The SMILES string of the molecule is C=C(C)CN(CC)S(=O)(=O)CCCNC. The summed E-state index contributed by atoms with van der Waals surface area (Å²) in [7, 11) is -1.29. The van der Waals surface area contributed by atoms with Crippen LogP contribution >= 0.6 is 0 Å². The molecule has 0 bridgehead atoms. The molecular weight excluding hydrogens is 212 g/mol. The van der Waals surface area contributed by atoms with Crippen molar-refractivity contribution in [3.63, 3.8) is 0 Å². The third kappa shape index (κ3) is 5.92.